The molecule has 0 atom stereocenters. The second kappa shape index (κ2) is 11.9. The van der Waals surface area contributed by atoms with Gasteiger partial charge in [0.25, 0.3) is 5.56 Å². The lowest BCUT2D eigenvalue weighted by Crippen LogP contribution is -2.22. The summed E-state index contributed by atoms with van der Waals surface area (Å²) in [6.07, 6.45) is 3.64. The Morgan fingerprint density at radius 1 is 1.19 bits per heavy atom. The summed E-state index contributed by atoms with van der Waals surface area (Å²) in [5.41, 5.74) is 0.920. The lowest BCUT2D eigenvalue weighted by atomic mass is 10.2. The van der Waals surface area contributed by atoms with E-state index in [9.17, 15) is 14.9 Å². The van der Waals surface area contributed by atoms with Gasteiger partial charge in [0.2, 0.25) is 5.75 Å². The zero-order valence-corrected chi connectivity index (χ0v) is 22.8. The largest absolute Gasteiger partial charge is 0.481 e. The van der Waals surface area contributed by atoms with Gasteiger partial charge in [0, 0.05) is 38.1 Å². The minimum absolute atomic E-state index is 0.00177. The second-order valence-corrected chi connectivity index (χ2v) is 9.89. The summed E-state index contributed by atoms with van der Waals surface area (Å²) in [5, 5.41) is 17.4. The molecular formula is C26H21BrCl2N4O4. The zero-order valence-electron chi connectivity index (χ0n) is 19.7. The number of aromatic nitrogens is 2. The van der Waals surface area contributed by atoms with Crippen LogP contribution in [0.3, 0.4) is 0 Å². The van der Waals surface area contributed by atoms with Crippen molar-refractivity contribution in [3.63, 3.8) is 0 Å². The predicted octanol–water partition coefficient (Wildman–Crippen LogP) is 7.18. The SMILES string of the molecule is CCCCc1nc2ccc(Br)cc2c(=O)n1N=Cc1cccc([N+](=O)[O-])c1OCc1ccc(Cl)cc1Cl. The number of para-hydroxylation sites is 1. The van der Waals surface area contributed by atoms with Crippen LogP contribution in [-0.4, -0.2) is 20.8 Å². The third kappa shape index (κ3) is 6.18. The highest BCUT2D eigenvalue weighted by Crippen LogP contribution is 2.32. The van der Waals surface area contributed by atoms with Crippen molar-refractivity contribution in [1.82, 2.24) is 9.66 Å². The molecule has 8 nitrogen and oxygen atoms in total. The summed E-state index contributed by atoms with van der Waals surface area (Å²) < 4.78 is 7.85. The molecule has 0 saturated heterocycles. The van der Waals surface area contributed by atoms with Crippen LogP contribution in [0.15, 0.2) is 69.0 Å². The molecule has 0 N–H and O–H groups in total. The van der Waals surface area contributed by atoms with Gasteiger partial charge in [-0.2, -0.15) is 9.78 Å². The third-order valence-electron chi connectivity index (χ3n) is 5.55. The molecule has 0 amide bonds. The minimum atomic E-state index is -0.538. The topological polar surface area (TPSA) is 99.6 Å². The molecule has 4 aromatic rings. The molecule has 0 spiro atoms. The van der Waals surface area contributed by atoms with Gasteiger partial charge in [-0.3, -0.25) is 14.9 Å². The fraction of sp³-hybridized carbons (Fsp3) is 0.192. The zero-order chi connectivity index (χ0) is 26.5. The van der Waals surface area contributed by atoms with Crippen LogP contribution in [0.1, 0.15) is 36.7 Å². The van der Waals surface area contributed by atoms with E-state index < -0.39 is 4.92 Å². The highest BCUT2D eigenvalue weighted by molar-refractivity contribution is 9.10. The second-order valence-electron chi connectivity index (χ2n) is 8.13. The van der Waals surface area contributed by atoms with Crippen molar-refractivity contribution in [3.8, 4) is 5.75 Å². The third-order valence-corrected chi connectivity index (χ3v) is 6.63. The fourth-order valence-electron chi connectivity index (χ4n) is 3.66. The van der Waals surface area contributed by atoms with Gasteiger partial charge >= 0.3 is 5.69 Å². The molecule has 1 heterocycles. The Kier molecular flexibility index (Phi) is 8.58. The van der Waals surface area contributed by atoms with E-state index in [1.54, 1.807) is 36.4 Å². The smallest absolute Gasteiger partial charge is 0.311 e. The first-order valence-corrected chi connectivity index (χ1v) is 12.9. The van der Waals surface area contributed by atoms with Crippen molar-refractivity contribution < 1.29 is 9.66 Å². The molecule has 37 heavy (non-hydrogen) atoms. The first-order valence-electron chi connectivity index (χ1n) is 11.4. The lowest BCUT2D eigenvalue weighted by Gasteiger charge is -2.12. The highest BCUT2D eigenvalue weighted by Gasteiger charge is 2.19. The van der Waals surface area contributed by atoms with Crippen molar-refractivity contribution in [1.29, 1.82) is 0 Å². The minimum Gasteiger partial charge on any atom is -0.481 e. The van der Waals surface area contributed by atoms with Gasteiger partial charge in [-0.15, -0.1) is 0 Å². The first-order chi connectivity index (χ1) is 17.8. The molecule has 4 rings (SSSR count). The number of fused-ring (bicyclic) bond motifs is 1. The van der Waals surface area contributed by atoms with E-state index in [1.165, 1.54) is 23.0 Å². The molecular weight excluding hydrogens is 583 g/mol. The molecule has 1 aromatic heterocycles. The maximum absolute atomic E-state index is 13.3. The van der Waals surface area contributed by atoms with Crippen LogP contribution < -0.4 is 10.3 Å². The first kappa shape index (κ1) is 26.8. The Morgan fingerprint density at radius 2 is 2.00 bits per heavy atom. The van der Waals surface area contributed by atoms with Crippen molar-refractivity contribution in [2.45, 2.75) is 32.8 Å². The van der Waals surface area contributed by atoms with E-state index in [2.05, 4.69) is 26.0 Å². The van der Waals surface area contributed by atoms with Crippen LogP contribution in [0.4, 0.5) is 5.69 Å². The maximum Gasteiger partial charge on any atom is 0.311 e. The molecule has 0 aliphatic carbocycles. The average Bonchev–Trinajstić information content (AvgIpc) is 2.87. The van der Waals surface area contributed by atoms with Crippen LogP contribution in [-0.2, 0) is 13.0 Å². The van der Waals surface area contributed by atoms with E-state index in [1.807, 2.05) is 13.0 Å². The molecule has 11 heteroatoms. The Hall–Kier alpha value is -3.27. The van der Waals surface area contributed by atoms with Gasteiger partial charge in [0.1, 0.15) is 12.4 Å². The van der Waals surface area contributed by atoms with Crippen molar-refractivity contribution >= 4 is 61.9 Å². The van der Waals surface area contributed by atoms with Crippen LogP contribution in [0.5, 0.6) is 5.75 Å². The lowest BCUT2D eigenvalue weighted by molar-refractivity contribution is -0.385. The maximum atomic E-state index is 13.3. The molecule has 0 bridgehead atoms. The summed E-state index contributed by atoms with van der Waals surface area (Å²) >= 11 is 15.6. The van der Waals surface area contributed by atoms with E-state index in [-0.39, 0.29) is 23.6 Å². The summed E-state index contributed by atoms with van der Waals surface area (Å²) in [6.45, 7) is 2.01. The van der Waals surface area contributed by atoms with E-state index in [0.717, 1.165) is 17.3 Å². The van der Waals surface area contributed by atoms with Crippen LogP contribution >= 0.6 is 39.1 Å². The summed E-state index contributed by atoms with van der Waals surface area (Å²) in [6, 6.07) is 14.7. The van der Waals surface area contributed by atoms with Crippen molar-refractivity contribution in [2.24, 2.45) is 5.10 Å². The van der Waals surface area contributed by atoms with Gasteiger partial charge in [-0.05, 0) is 42.8 Å². The predicted molar refractivity (Wildman–Crippen MR) is 149 cm³/mol. The van der Waals surface area contributed by atoms with Gasteiger partial charge in [-0.25, -0.2) is 4.98 Å². The van der Waals surface area contributed by atoms with Crippen LogP contribution in [0, 0.1) is 10.1 Å². The Morgan fingerprint density at radius 3 is 2.73 bits per heavy atom. The highest BCUT2D eigenvalue weighted by atomic mass is 79.9. The Bertz CT molecular complexity index is 1570. The molecule has 0 radical (unpaired) electrons. The molecule has 0 fully saturated rings. The number of aryl methyl sites for hydroxylation is 1. The van der Waals surface area contributed by atoms with Crippen LogP contribution in [0.2, 0.25) is 10.0 Å². The molecule has 0 aliphatic rings. The number of ether oxygens (including phenoxy) is 1. The molecule has 190 valence electrons. The fourth-order valence-corrected chi connectivity index (χ4v) is 4.49. The number of nitrogens with zero attached hydrogens (tertiary/aromatic N) is 4. The molecule has 3 aromatic carbocycles. The van der Waals surface area contributed by atoms with Crippen LogP contribution in [0.25, 0.3) is 10.9 Å². The molecule has 0 saturated carbocycles. The number of hydrogen-bond donors (Lipinski definition) is 0. The number of benzene rings is 3. The Balaban J connectivity index is 1.77. The van der Waals surface area contributed by atoms with Crippen molar-refractivity contribution in [3.05, 3.63) is 107 Å². The quantitative estimate of drug-likeness (QED) is 0.115. The normalized spacial score (nSPS) is 11.4. The van der Waals surface area contributed by atoms with Gasteiger partial charge in [0.15, 0.2) is 0 Å². The average molecular weight is 604 g/mol. The number of halogens is 3. The Labute approximate surface area is 230 Å². The van der Waals surface area contributed by atoms with Gasteiger partial charge in [-0.1, -0.05) is 64.6 Å². The van der Waals surface area contributed by atoms with E-state index >= 15 is 0 Å². The summed E-state index contributed by atoms with van der Waals surface area (Å²) in [5.74, 6) is 0.501. The van der Waals surface area contributed by atoms with E-state index in [0.29, 0.717) is 44.3 Å². The molecule has 0 aliphatic heterocycles. The number of hydrogen-bond acceptors (Lipinski definition) is 6. The summed E-state index contributed by atoms with van der Waals surface area (Å²) in [7, 11) is 0. The number of unbranched alkanes of at least 4 members (excludes halogenated alkanes) is 1. The van der Waals surface area contributed by atoms with E-state index in [4.69, 9.17) is 27.9 Å². The van der Waals surface area contributed by atoms with Gasteiger partial charge < -0.3 is 4.74 Å². The monoisotopic (exact) mass is 602 g/mol. The number of rotatable bonds is 9. The number of nitro benzene ring substituents is 1. The standard InChI is InChI=1S/C26H21BrCl2N4O4/c1-2-3-7-24-31-22-11-9-18(27)12-20(22)26(34)32(24)30-14-16-5-4-6-23(33(35)36)25(16)37-15-17-8-10-19(28)13-21(17)29/h4-6,8-14H,2-3,7,15H2,1H3. The summed E-state index contributed by atoms with van der Waals surface area (Å²) in [4.78, 5) is 29.2. The molecule has 0 unspecified atom stereocenters. The van der Waals surface area contributed by atoms with Gasteiger partial charge in [0.05, 0.1) is 22.0 Å². The van der Waals surface area contributed by atoms with Crippen molar-refractivity contribution in [2.75, 3.05) is 0 Å². The number of nitro groups is 1.